The molecule has 0 radical (unpaired) electrons. The third-order valence-corrected chi connectivity index (χ3v) is 3.35. The molecule has 0 aliphatic heterocycles. The molecular weight excluding hydrogens is 260 g/mol. The van der Waals surface area contributed by atoms with Crippen LogP contribution in [0.3, 0.4) is 0 Å². The molecule has 0 saturated heterocycles. The van der Waals surface area contributed by atoms with E-state index >= 15 is 0 Å². The first kappa shape index (κ1) is 13.6. The summed E-state index contributed by atoms with van der Waals surface area (Å²) in [6, 6.07) is 5.90. The second-order valence-electron chi connectivity index (χ2n) is 3.55. The molecule has 16 heavy (non-hydrogen) atoms. The molecule has 5 heteroatoms. The molecule has 1 aromatic rings. The quantitative estimate of drug-likeness (QED) is 0.809. The monoisotopic (exact) mass is 274 g/mol. The topological polar surface area (TPSA) is 38.0 Å². The maximum atomic E-state index is 5.91. The van der Waals surface area contributed by atoms with Crippen LogP contribution in [0.5, 0.6) is 0 Å². The Hall–Kier alpha value is -0.450. The van der Waals surface area contributed by atoms with Crippen molar-refractivity contribution in [2.75, 3.05) is 17.3 Å². The van der Waals surface area contributed by atoms with Crippen LogP contribution < -0.4 is 11.1 Å². The van der Waals surface area contributed by atoms with Crippen molar-refractivity contribution >= 4 is 46.3 Å². The van der Waals surface area contributed by atoms with Gasteiger partial charge in [-0.25, -0.2) is 0 Å². The van der Waals surface area contributed by atoms with E-state index in [0.29, 0.717) is 16.1 Å². The number of hydrogen-bond acceptors (Lipinski definition) is 3. The van der Waals surface area contributed by atoms with Gasteiger partial charge in [-0.3, -0.25) is 0 Å². The molecule has 1 atom stereocenters. The maximum Gasteiger partial charge on any atom is 0.106 e. The van der Waals surface area contributed by atoms with Crippen LogP contribution in [0, 0.1) is 0 Å². The number of thioether (sulfide) groups is 1. The predicted molar refractivity (Wildman–Crippen MR) is 78.8 cm³/mol. The Balaban J connectivity index is 2.90. The average Bonchev–Trinajstić information content (AvgIpc) is 2.20. The lowest BCUT2D eigenvalue weighted by Crippen LogP contribution is -2.21. The van der Waals surface area contributed by atoms with Gasteiger partial charge in [0.1, 0.15) is 4.99 Å². The van der Waals surface area contributed by atoms with Crippen molar-refractivity contribution in [3.05, 3.63) is 28.8 Å². The van der Waals surface area contributed by atoms with Gasteiger partial charge in [-0.2, -0.15) is 11.8 Å². The van der Waals surface area contributed by atoms with Gasteiger partial charge in [0.25, 0.3) is 0 Å². The highest BCUT2D eigenvalue weighted by molar-refractivity contribution is 7.98. The van der Waals surface area contributed by atoms with E-state index in [2.05, 4.69) is 18.5 Å². The van der Waals surface area contributed by atoms with Gasteiger partial charge in [0, 0.05) is 28.1 Å². The smallest absolute Gasteiger partial charge is 0.106 e. The largest absolute Gasteiger partial charge is 0.389 e. The Morgan fingerprint density at radius 1 is 1.62 bits per heavy atom. The minimum absolute atomic E-state index is 0.362. The molecule has 2 nitrogen and oxygen atoms in total. The van der Waals surface area contributed by atoms with Crippen LogP contribution in [0.4, 0.5) is 5.69 Å². The summed E-state index contributed by atoms with van der Waals surface area (Å²) in [7, 11) is 0. The van der Waals surface area contributed by atoms with Gasteiger partial charge in [-0.1, -0.05) is 23.8 Å². The molecule has 0 heterocycles. The van der Waals surface area contributed by atoms with E-state index in [1.807, 2.05) is 12.1 Å². The van der Waals surface area contributed by atoms with E-state index in [-0.39, 0.29) is 0 Å². The summed E-state index contributed by atoms with van der Waals surface area (Å²) in [5.74, 6) is 1.03. The summed E-state index contributed by atoms with van der Waals surface area (Å²) in [6.45, 7) is 2.12. The summed E-state index contributed by atoms with van der Waals surface area (Å²) >= 11 is 12.7. The highest BCUT2D eigenvalue weighted by Crippen LogP contribution is 2.21. The van der Waals surface area contributed by atoms with Crippen LogP contribution in [-0.2, 0) is 0 Å². The summed E-state index contributed by atoms with van der Waals surface area (Å²) in [5.41, 5.74) is 7.41. The van der Waals surface area contributed by atoms with Crippen molar-refractivity contribution in [2.45, 2.75) is 13.0 Å². The number of nitrogens with two attached hydrogens (primary N) is 1. The maximum absolute atomic E-state index is 5.91. The fourth-order valence-corrected chi connectivity index (χ4v) is 2.33. The van der Waals surface area contributed by atoms with Gasteiger partial charge in [-0.15, -0.1) is 0 Å². The predicted octanol–water partition coefficient (Wildman–Crippen LogP) is 3.14. The number of rotatable bonds is 5. The van der Waals surface area contributed by atoms with Crippen molar-refractivity contribution in [3.63, 3.8) is 0 Å². The van der Waals surface area contributed by atoms with Crippen molar-refractivity contribution < 1.29 is 0 Å². The lowest BCUT2D eigenvalue weighted by Gasteiger charge is -2.17. The minimum atomic E-state index is 0.362. The zero-order valence-electron chi connectivity index (χ0n) is 9.29. The number of thiocarbonyl (C=S) groups is 1. The number of benzene rings is 1. The van der Waals surface area contributed by atoms with Crippen LogP contribution in [-0.4, -0.2) is 23.0 Å². The molecule has 0 aromatic heterocycles. The third-order valence-electron chi connectivity index (χ3n) is 2.07. The van der Waals surface area contributed by atoms with Crippen molar-refractivity contribution in [2.24, 2.45) is 5.73 Å². The van der Waals surface area contributed by atoms with Crippen LogP contribution in [0.15, 0.2) is 18.2 Å². The summed E-state index contributed by atoms with van der Waals surface area (Å²) < 4.78 is 0. The molecule has 0 spiro atoms. The van der Waals surface area contributed by atoms with Crippen LogP contribution >= 0.6 is 35.6 Å². The molecule has 1 unspecified atom stereocenters. The SMILES string of the molecule is CSCC(C)Nc1ccc(Cl)cc1C(N)=S. The van der Waals surface area contributed by atoms with Gasteiger partial charge in [0.05, 0.1) is 0 Å². The number of halogens is 1. The first-order valence-electron chi connectivity index (χ1n) is 4.89. The van der Waals surface area contributed by atoms with E-state index in [9.17, 15) is 0 Å². The van der Waals surface area contributed by atoms with Gasteiger partial charge in [0.2, 0.25) is 0 Å². The van der Waals surface area contributed by atoms with E-state index in [1.165, 1.54) is 0 Å². The number of nitrogens with one attached hydrogen (secondary N) is 1. The van der Waals surface area contributed by atoms with Crippen LogP contribution in [0.25, 0.3) is 0 Å². The van der Waals surface area contributed by atoms with Gasteiger partial charge < -0.3 is 11.1 Å². The van der Waals surface area contributed by atoms with Crippen molar-refractivity contribution in [1.82, 2.24) is 0 Å². The van der Waals surface area contributed by atoms with E-state index < -0.39 is 0 Å². The molecule has 1 aromatic carbocycles. The Morgan fingerprint density at radius 3 is 2.88 bits per heavy atom. The first-order chi connectivity index (χ1) is 7.54. The van der Waals surface area contributed by atoms with E-state index in [1.54, 1.807) is 17.8 Å². The van der Waals surface area contributed by atoms with E-state index in [4.69, 9.17) is 29.6 Å². The minimum Gasteiger partial charge on any atom is -0.389 e. The molecule has 0 aliphatic rings. The fraction of sp³-hybridized carbons (Fsp3) is 0.364. The van der Waals surface area contributed by atoms with Crippen LogP contribution in [0.1, 0.15) is 12.5 Å². The summed E-state index contributed by atoms with van der Waals surface area (Å²) in [4.78, 5) is 0.362. The standard InChI is InChI=1S/C11H15ClN2S2/c1-7(6-16-2)14-10-4-3-8(12)5-9(10)11(13)15/h3-5,7,14H,6H2,1-2H3,(H2,13,15). The summed E-state index contributed by atoms with van der Waals surface area (Å²) in [5, 5.41) is 4.02. The van der Waals surface area contributed by atoms with Gasteiger partial charge in [0.15, 0.2) is 0 Å². The highest BCUT2D eigenvalue weighted by Gasteiger charge is 2.08. The van der Waals surface area contributed by atoms with Crippen molar-refractivity contribution in [3.8, 4) is 0 Å². The lowest BCUT2D eigenvalue weighted by molar-refractivity contribution is 0.914. The molecule has 1 rings (SSSR count). The Bertz CT molecular complexity index is 382. The normalized spacial score (nSPS) is 12.2. The highest BCUT2D eigenvalue weighted by atomic mass is 35.5. The molecular formula is C11H15ClN2S2. The number of hydrogen-bond donors (Lipinski definition) is 2. The van der Waals surface area contributed by atoms with Crippen LogP contribution in [0.2, 0.25) is 5.02 Å². The molecule has 0 amide bonds. The molecule has 3 N–H and O–H groups in total. The average molecular weight is 275 g/mol. The van der Waals surface area contributed by atoms with Gasteiger partial charge >= 0.3 is 0 Å². The van der Waals surface area contributed by atoms with Crippen molar-refractivity contribution in [1.29, 1.82) is 0 Å². The molecule has 0 fully saturated rings. The first-order valence-corrected chi connectivity index (χ1v) is 7.07. The van der Waals surface area contributed by atoms with E-state index in [0.717, 1.165) is 17.0 Å². The molecule has 0 aliphatic carbocycles. The Kier molecular flexibility index (Phi) is 5.38. The molecule has 0 saturated carbocycles. The number of anilines is 1. The Labute approximate surface area is 111 Å². The second kappa shape index (κ2) is 6.33. The molecule has 88 valence electrons. The lowest BCUT2D eigenvalue weighted by atomic mass is 10.1. The Morgan fingerprint density at radius 2 is 2.31 bits per heavy atom. The molecule has 0 bridgehead atoms. The summed E-state index contributed by atoms with van der Waals surface area (Å²) in [6.07, 6.45) is 2.08. The zero-order chi connectivity index (χ0) is 12.1. The fourth-order valence-electron chi connectivity index (χ4n) is 1.40. The second-order valence-corrected chi connectivity index (χ2v) is 5.34. The zero-order valence-corrected chi connectivity index (χ0v) is 11.7. The third kappa shape index (κ3) is 3.85. The van der Waals surface area contributed by atoms with Gasteiger partial charge in [-0.05, 0) is 31.4 Å².